The first kappa shape index (κ1) is 14.3. The van der Waals surface area contributed by atoms with E-state index in [2.05, 4.69) is 26.5 Å². The molecule has 7 nitrogen and oxygen atoms in total. The molecule has 0 fully saturated rings. The molecule has 2 amide bonds. The predicted octanol–water partition coefficient (Wildman–Crippen LogP) is 0.149. The number of thiocarbonyl (C=S) groups is 1. The van der Waals surface area contributed by atoms with Crippen LogP contribution in [0.1, 0.15) is 22.3 Å². The Bertz CT molecular complexity index is 485. The van der Waals surface area contributed by atoms with Gasteiger partial charge in [0.05, 0.1) is 5.69 Å². The van der Waals surface area contributed by atoms with Gasteiger partial charge < -0.3 is 10.6 Å². The number of hydrazine groups is 1. The van der Waals surface area contributed by atoms with Crippen molar-refractivity contribution < 1.29 is 9.59 Å². The lowest BCUT2D eigenvalue weighted by atomic mass is 10.4. The fourth-order valence-electron chi connectivity index (χ4n) is 1.04. The molecule has 0 aliphatic rings. The smallest absolute Gasteiger partial charge is 0.281 e. The first-order valence-corrected chi connectivity index (χ1v) is 6.19. The number of aromatic nitrogens is 1. The van der Waals surface area contributed by atoms with E-state index in [1.165, 1.54) is 6.92 Å². The van der Waals surface area contributed by atoms with E-state index in [1.54, 1.807) is 14.0 Å². The van der Waals surface area contributed by atoms with Gasteiger partial charge in [0, 0.05) is 14.0 Å². The average Bonchev–Trinajstić information content (AvgIpc) is 2.65. The minimum Gasteiger partial charge on any atom is -0.364 e. The molecule has 0 radical (unpaired) electrons. The fraction of sp³-hybridized carbons (Fsp3) is 0.333. The number of rotatable bonds is 2. The largest absolute Gasteiger partial charge is 0.364 e. The summed E-state index contributed by atoms with van der Waals surface area (Å²) in [6.07, 6.45) is 0. The molecule has 0 bridgehead atoms. The van der Waals surface area contributed by atoms with Gasteiger partial charge in [-0.15, -0.1) is 0 Å². The number of hydrogen-bond acceptors (Lipinski definition) is 5. The molecule has 0 saturated heterocycles. The molecule has 0 unspecified atom stereocenters. The van der Waals surface area contributed by atoms with Crippen LogP contribution in [-0.4, -0.2) is 29.0 Å². The third-order valence-corrected chi connectivity index (χ3v) is 3.18. The molecule has 0 atom stereocenters. The van der Waals surface area contributed by atoms with Crippen molar-refractivity contribution in [2.45, 2.75) is 13.8 Å². The van der Waals surface area contributed by atoms with Crippen LogP contribution in [0.15, 0.2) is 0 Å². The zero-order valence-corrected chi connectivity index (χ0v) is 11.7. The summed E-state index contributed by atoms with van der Waals surface area (Å²) >= 11 is 5.91. The van der Waals surface area contributed by atoms with E-state index in [9.17, 15) is 9.59 Å². The molecular weight excluding hydrogens is 274 g/mol. The van der Waals surface area contributed by atoms with E-state index in [-0.39, 0.29) is 11.8 Å². The maximum atomic E-state index is 11.8. The van der Waals surface area contributed by atoms with Crippen LogP contribution >= 0.6 is 23.6 Å². The van der Waals surface area contributed by atoms with Crippen molar-refractivity contribution in [3.63, 3.8) is 0 Å². The molecule has 0 saturated carbocycles. The van der Waals surface area contributed by atoms with Crippen molar-refractivity contribution in [3.8, 4) is 0 Å². The van der Waals surface area contributed by atoms with E-state index in [4.69, 9.17) is 12.2 Å². The molecule has 0 spiro atoms. The molecule has 0 aliphatic carbocycles. The zero-order chi connectivity index (χ0) is 13.7. The van der Waals surface area contributed by atoms with Gasteiger partial charge in [0.1, 0.15) is 4.88 Å². The average molecular weight is 287 g/mol. The van der Waals surface area contributed by atoms with Crippen LogP contribution in [0.4, 0.5) is 5.13 Å². The minimum atomic E-state index is -0.362. The number of aryl methyl sites for hydroxylation is 1. The summed E-state index contributed by atoms with van der Waals surface area (Å²) in [6.45, 7) is 3.07. The molecule has 1 rings (SSSR count). The normalized spacial score (nSPS) is 9.50. The highest BCUT2D eigenvalue weighted by molar-refractivity contribution is 7.80. The Morgan fingerprint density at radius 3 is 2.56 bits per heavy atom. The number of nitrogens with zero attached hydrogens (tertiary/aromatic N) is 1. The van der Waals surface area contributed by atoms with Crippen molar-refractivity contribution in [2.24, 2.45) is 0 Å². The van der Waals surface area contributed by atoms with Crippen molar-refractivity contribution >= 4 is 45.6 Å². The van der Waals surface area contributed by atoms with Gasteiger partial charge in [-0.1, -0.05) is 11.3 Å². The first-order chi connectivity index (χ1) is 8.43. The van der Waals surface area contributed by atoms with Gasteiger partial charge in [-0.2, -0.15) is 0 Å². The second-order valence-electron chi connectivity index (χ2n) is 3.27. The number of hydrogen-bond donors (Lipinski definition) is 4. The van der Waals surface area contributed by atoms with Gasteiger partial charge in [-0.25, -0.2) is 4.98 Å². The van der Waals surface area contributed by atoms with Crippen molar-refractivity contribution in [3.05, 3.63) is 10.6 Å². The van der Waals surface area contributed by atoms with Crippen LogP contribution in [-0.2, 0) is 4.79 Å². The van der Waals surface area contributed by atoms with Gasteiger partial charge in [0.25, 0.3) is 5.91 Å². The van der Waals surface area contributed by atoms with Crippen molar-refractivity contribution in [1.29, 1.82) is 0 Å². The van der Waals surface area contributed by atoms with E-state index in [0.29, 0.717) is 20.8 Å². The van der Waals surface area contributed by atoms with Gasteiger partial charge in [-0.05, 0) is 19.1 Å². The molecule has 4 N–H and O–H groups in total. The molecule has 98 valence electrons. The van der Waals surface area contributed by atoms with Gasteiger partial charge in [0.2, 0.25) is 5.91 Å². The summed E-state index contributed by atoms with van der Waals surface area (Å²) in [6, 6.07) is 0. The molecule has 18 heavy (non-hydrogen) atoms. The highest BCUT2D eigenvalue weighted by atomic mass is 32.1. The number of carbonyl (C=O) groups is 2. The number of anilines is 1. The molecular formula is C9H13N5O2S2. The second kappa shape index (κ2) is 6.26. The summed E-state index contributed by atoms with van der Waals surface area (Å²) in [5.41, 5.74) is 5.48. The standard InChI is InChI=1S/C9H13N5O2S2/c1-4-6(7(16)13-14-8(17)10-3)18-9(11-4)12-5(2)15/h1-3H3,(H,13,16)(H2,10,14,17)(H,11,12,15). The van der Waals surface area contributed by atoms with Crippen molar-refractivity contribution in [1.82, 2.24) is 21.2 Å². The lowest BCUT2D eigenvalue weighted by Gasteiger charge is -2.07. The minimum absolute atomic E-state index is 0.231. The van der Waals surface area contributed by atoms with Crippen LogP contribution in [0.3, 0.4) is 0 Å². The zero-order valence-electron chi connectivity index (χ0n) is 10.1. The number of thiazole rings is 1. The van der Waals surface area contributed by atoms with Crippen LogP contribution in [0.2, 0.25) is 0 Å². The lowest BCUT2D eigenvalue weighted by molar-refractivity contribution is -0.114. The highest BCUT2D eigenvalue weighted by Gasteiger charge is 2.15. The SMILES string of the molecule is CNC(=S)NNC(=O)c1sc(NC(C)=O)nc1C. The van der Waals surface area contributed by atoms with E-state index in [1.807, 2.05) is 0 Å². The Kier molecular flexibility index (Phi) is 4.98. The second-order valence-corrected chi connectivity index (χ2v) is 4.68. The Labute approximate surface area is 113 Å². The topological polar surface area (TPSA) is 95.1 Å². The molecule has 1 aromatic heterocycles. The summed E-state index contributed by atoms with van der Waals surface area (Å²) in [5, 5.41) is 5.87. The maximum absolute atomic E-state index is 11.8. The third-order valence-electron chi connectivity index (χ3n) is 1.80. The molecule has 1 aromatic rings. The molecule has 0 aliphatic heterocycles. The third kappa shape index (κ3) is 3.93. The molecule has 9 heteroatoms. The van der Waals surface area contributed by atoms with Crippen molar-refractivity contribution in [2.75, 3.05) is 12.4 Å². The first-order valence-electron chi connectivity index (χ1n) is 4.97. The maximum Gasteiger partial charge on any atom is 0.281 e. The Hall–Kier alpha value is -1.74. The summed E-state index contributed by atoms with van der Waals surface area (Å²) < 4.78 is 0. The lowest BCUT2D eigenvalue weighted by Crippen LogP contribution is -2.45. The monoisotopic (exact) mass is 287 g/mol. The summed E-state index contributed by atoms with van der Waals surface area (Å²) in [5.74, 6) is -0.593. The number of carbonyl (C=O) groups excluding carboxylic acids is 2. The Morgan fingerprint density at radius 1 is 1.33 bits per heavy atom. The van der Waals surface area contributed by atoms with Crippen LogP contribution in [0.25, 0.3) is 0 Å². The van der Waals surface area contributed by atoms with Gasteiger partial charge in [-0.3, -0.25) is 20.4 Å². The van der Waals surface area contributed by atoms with Gasteiger partial charge in [0.15, 0.2) is 10.2 Å². The van der Waals surface area contributed by atoms with E-state index < -0.39 is 0 Å². The number of amides is 2. The van der Waals surface area contributed by atoms with Crippen LogP contribution in [0.5, 0.6) is 0 Å². The Balaban J connectivity index is 2.70. The molecule has 1 heterocycles. The van der Waals surface area contributed by atoms with Crippen LogP contribution < -0.4 is 21.5 Å². The highest BCUT2D eigenvalue weighted by Crippen LogP contribution is 2.22. The van der Waals surface area contributed by atoms with Crippen LogP contribution in [0, 0.1) is 6.92 Å². The quantitative estimate of drug-likeness (QED) is 0.457. The molecule has 0 aromatic carbocycles. The summed E-state index contributed by atoms with van der Waals surface area (Å²) in [7, 11) is 1.63. The predicted molar refractivity (Wildman–Crippen MR) is 73.4 cm³/mol. The van der Waals surface area contributed by atoms with E-state index in [0.717, 1.165) is 11.3 Å². The van der Waals surface area contributed by atoms with Gasteiger partial charge >= 0.3 is 0 Å². The Morgan fingerprint density at radius 2 is 2.00 bits per heavy atom. The fourth-order valence-corrected chi connectivity index (χ4v) is 2.00. The number of nitrogens with one attached hydrogen (secondary N) is 4. The summed E-state index contributed by atoms with van der Waals surface area (Å²) in [4.78, 5) is 27.1. The van der Waals surface area contributed by atoms with E-state index >= 15 is 0 Å².